The van der Waals surface area contributed by atoms with Gasteiger partial charge in [0.05, 0.1) is 0 Å². The third-order valence-electron chi connectivity index (χ3n) is 6.73. The smallest absolute Gasteiger partial charge is 0.169 e. The zero-order valence-corrected chi connectivity index (χ0v) is 14.4. The summed E-state index contributed by atoms with van der Waals surface area (Å²) >= 11 is 0. The quantitative estimate of drug-likeness (QED) is 0.654. The molecule has 1 fully saturated rings. The first-order chi connectivity index (χ1) is 11.7. The zero-order valence-electron chi connectivity index (χ0n) is 14.4. The topological polar surface area (TPSA) is 17.1 Å². The molecule has 0 amide bonds. The predicted octanol–water partition coefficient (Wildman–Crippen LogP) is 5.65. The summed E-state index contributed by atoms with van der Waals surface area (Å²) in [6.07, 6.45) is 10.2. The Morgan fingerprint density at radius 1 is 1.17 bits per heavy atom. The summed E-state index contributed by atoms with van der Waals surface area (Å²) in [5.41, 5.74) is 5.19. The molecule has 2 aromatic carbocycles. The number of hydrogen-bond donors (Lipinski definition) is 0. The number of hydrogen-bond acceptors (Lipinski definition) is 1. The molecule has 0 aliphatic heterocycles. The minimum Gasteiger partial charge on any atom is -0.294 e. The molecule has 24 heavy (non-hydrogen) atoms. The van der Waals surface area contributed by atoms with Crippen LogP contribution in [0.5, 0.6) is 0 Å². The van der Waals surface area contributed by atoms with Crippen molar-refractivity contribution in [2.75, 3.05) is 0 Å². The van der Waals surface area contributed by atoms with E-state index in [0.29, 0.717) is 11.7 Å². The van der Waals surface area contributed by atoms with Crippen molar-refractivity contribution in [1.82, 2.24) is 0 Å². The Morgan fingerprint density at radius 3 is 2.83 bits per heavy atom. The van der Waals surface area contributed by atoms with Gasteiger partial charge in [0.15, 0.2) is 5.78 Å². The van der Waals surface area contributed by atoms with Crippen molar-refractivity contribution in [2.45, 2.75) is 51.9 Å². The van der Waals surface area contributed by atoms with Gasteiger partial charge in [0, 0.05) is 11.0 Å². The summed E-state index contributed by atoms with van der Waals surface area (Å²) in [7, 11) is 0. The third kappa shape index (κ3) is 1.90. The van der Waals surface area contributed by atoms with E-state index in [1.54, 1.807) is 5.57 Å². The Kier molecular flexibility index (Phi) is 3.04. The average Bonchev–Trinajstić information content (AvgIpc) is 3.19. The SMILES string of the molecule is CCCc1ccc2cc3c(cc2c1)CCC1(CC2=CCC1C2)C3=O. The molecule has 5 rings (SSSR count). The molecule has 2 unspecified atom stereocenters. The van der Waals surface area contributed by atoms with Crippen LogP contribution in [0.25, 0.3) is 10.8 Å². The number of carbonyl (C=O) groups excluding carboxylic acids is 1. The molecule has 1 nitrogen and oxygen atoms in total. The Labute approximate surface area is 143 Å². The summed E-state index contributed by atoms with van der Waals surface area (Å²) in [4.78, 5) is 13.4. The average molecular weight is 316 g/mol. The lowest BCUT2D eigenvalue weighted by molar-refractivity contribution is 0.0671. The molecule has 0 N–H and O–H groups in total. The normalized spacial score (nSPS) is 27.8. The van der Waals surface area contributed by atoms with Gasteiger partial charge in [-0.1, -0.05) is 49.3 Å². The molecule has 1 saturated carbocycles. The van der Waals surface area contributed by atoms with Crippen LogP contribution in [0.3, 0.4) is 0 Å². The maximum Gasteiger partial charge on any atom is 0.169 e. The molecule has 3 aliphatic carbocycles. The molecule has 2 bridgehead atoms. The fourth-order valence-electron chi connectivity index (χ4n) is 5.46. The van der Waals surface area contributed by atoms with Crippen LogP contribution in [0.2, 0.25) is 0 Å². The maximum absolute atomic E-state index is 13.4. The molecule has 3 aliphatic rings. The Hall–Kier alpha value is -1.89. The zero-order chi connectivity index (χ0) is 16.3. The summed E-state index contributed by atoms with van der Waals surface area (Å²) in [5, 5.41) is 2.53. The Bertz CT molecular complexity index is 888. The van der Waals surface area contributed by atoms with Gasteiger partial charge < -0.3 is 0 Å². The highest BCUT2D eigenvalue weighted by molar-refractivity contribution is 6.06. The van der Waals surface area contributed by atoms with Crippen molar-refractivity contribution in [3.8, 4) is 0 Å². The molecule has 0 aromatic heterocycles. The van der Waals surface area contributed by atoms with Crippen LogP contribution in [-0.2, 0) is 12.8 Å². The second-order valence-electron chi connectivity index (χ2n) is 8.10. The van der Waals surface area contributed by atoms with E-state index in [9.17, 15) is 4.79 Å². The lowest BCUT2D eigenvalue weighted by Gasteiger charge is -2.38. The highest BCUT2D eigenvalue weighted by Gasteiger charge is 2.53. The van der Waals surface area contributed by atoms with E-state index in [4.69, 9.17) is 0 Å². The lowest BCUT2D eigenvalue weighted by atomic mass is 9.63. The van der Waals surface area contributed by atoms with Crippen molar-refractivity contribution in [3.63, 3.8) is 0 Å². The van der Waals surface area contributed by atoms with E-state index < -0.39 is 0 Å². The molecular weight excluding hydrogens is 292 g/mol. The van der Waals surface area contributed by atoms with Crippen LogP contribution < -0.4 is 0 Å². The monoisotopic (exact) mass is 316 g/mol. The third-order valence-corrected chi connectivity index (χ3v) is 6.73. The number of fused-ring (bicyclic) bond motifs is 5. The summed E-state index contributed by atoms with van der Waals surface area (Å²) in [5.74, 6) is 1.02. The van der Waals surface area contributed by atoms with Gasteiger partial charge in [0.2, 0.25) is 0 Å². The fraction of sp³-hybridized carbons (Fsp3) is 0.435. The van der Waals surface area contributed by atoms with E-state index >= 15 is 0 Å². The van der Waals surface area contributed by atoms with E-state index in [2.05, 4.69) is 43.3 Å². The van der Waals surface area contributed by atoms with Crippen LogP contribution >= 0.6 is 0 Å². The van der Waals surface area contributed by atoms with E-state index in [1.165, 1.54) is 34.7 Å². The number of benzene rings is 2. The molecule has 1 spiro atoms. The van der Waals surface area contributed by atoms with Crippen molar-refractivity contribution < 1.29 is 4.79 Å². The fourth-order valence-corrected chi connectivity index (χ4v) is 5.46. The summed E-state index contributed by atoms with van der Waals surface area (Å²) in [6, 6.07) is 11.2. The lowest BCUT2D eigenvalue weighted by Crippen LogP contribution is -2.39. The van der Waals surface area contributed by atoms with Gasteiger partial charge in [0.25, 0.3) is 0 Å². The highest BCUT2D eigenvalue weighted by Crippen LogP contribution is 2.58. The number of ketones is 1. The number of carbonyl (C=O) groups is 1. The molecule has 0 saturated heterocycles. The van der Waals surface area contributed by atoms with Crippen LogP contribution in [0.4, 0.5) is 0 Å². The molecule has 1 heteroatoms. The molecule has 2 atom stereocenters. The van der Waals surface area contributed by atoms with Gasteiger partial charge in [-0.05, 0) is 72.4 Å². The number of allylic oxidation sites excluding steroid dienone is 2. The largest absolute Gasteiger partial charge is 0.294 e. The summed E-state index contributed by atoms with van der Waals surface area (Å²) < 4.78 is 0. The van der Waals surface area contributed by atoms with Crippen LogP contribution in [-0.4, -0.2) is 5.78 Å². The molecule has 0 heterocycles. The standard InChI is InChI=1S/C23H24O/c1-2-3-15-4-6-17-13-21-18(12-19(17)10-15)8-9-23(22(21)24)14-16-5-7-20(23)11-16/h4-6,10,12-13,20H,2-3,7-9,11,14H2,1H3. The Balaban J connectivity index is 1.60. The van der Waals surface area contributed by atoms with E-state index in [0.717, 1.165) is 37.7 Å². The molecule has 122 valence electrons. The van der Waals surface area contributed by atoms with Crippen LogP contribution in [0.15, 0.2) is 42.0 Å². The molecule has 2 aromatic rings. The van der Waals surface area contributed by atoms with Crippen molar-refractivity contribution in [2.24, 2.45) is 11.3 Å². The maximum atomic E-state index is 13.4. The minimum atomic E-state index is -0.0626. The van der Waals surface area contributed by atoms with Crippen LogP contribution in [0.1, 0.15) is 60.5 Å². The first-order valence-corrected chi connectivity index (χ1v) is 9.48. The van der Waals surface area contributed by atoms with Gasteiger partial charge in [-0.2, -0.15) is 0 Å². The minimum absolute atomic E-state index is 0.0626. The van der Waals surface area contributed by atoms with E-state index in [-0.39, 0.29) is 5.41 Å². The Morgan fingerprint density at radius 2 is 2.08 bits per heavy atom. The number of rotatable bonds is 2. The second kappa shape index (κ2) is 5.05. The van der Waals surface area contributed by atoms with Crippen molar-refractivity contribution >= 4 is 16.6 Å². The number of aryl methyl sites for hydroxylation is 2. The predicted molar refractivity (Wildman–Crippen MR) is 98.5 cm³/mol. The van der Waals surface area contributed by atoms with Crippen molar-refractivity contribution in [3.05, 3.63) is 58.7 Å². The summed E-state index contributed by atoms with van der Waals surface area (Å²) in [6.45, 7) is 2.22. The van der Waals surface area contributed by atoms with Gasteiger partial charge in [0.1, 0.15) is 0 Å². The van der Waals surface area contributed by atoms with Gasteiger partial charge in [-0.15, -0.1) is 0 Å². The van der Waals surface area contributed by atoms with Crippen LogP contribution in [0, 0.1) is 11.3 Å². The van der Waals surface area contributed by atoms with E-state index in [1.807, 2.05) is 0 Å². The van der Waals surface area contributed by atoms with Gasteiger partial charge >= 0.3 is 0 Å². The van der Waals surface area contributed by atoms with Gasteiger partial charge in [-0.3, -0.25) is 4.79 Å². The number of Topliss-reactive ketones (excluding diaryl/α,β-unsaturated/α-hetero) is 1. The first-order valence-electron chi connectivity index (χ1n) is 9.48. The van der Waals surface area contributed by atoms with Crippen molar-refractivity contribution in [1.29, 1.82) is 0 Å². The highest BCUT2D eigenvalue weighted by atomic mass is 16.1. The first kappa shape index (κ1) is 14.5. The molecular formula is C23H24O. The molecule has 0 radical (unpaired) electrons. The second-order valence-corrected chi connectivity index (χ2v) is 8.10. The van der Waals surface area contributed by atoms with Gasteiger partial charge in [-0.25, -0.2) is 0 Å².